The number of aromatic nitrogens is 2. The van der Waals surface area contributed by atoms with E-state index in [-0.39, 0.29) is 36.2 Å². The zero-order valence-corrected chi connectivity index (χ0v) is 20.3. The lowest BCUT2D eigenvalue weighted by Crippen LogP contribution is -2.26. The maximum Gasteiger partial charge on any atom is 0.305 e. The highest BCUT2D eigenvalue weighted by Crippen LogP contribution is 2.30. The topological polar surface area (TPSA) is 117 Å². The van der Waals surface area contributed by atoms with E-state index in [1.54, 1.807) is 24.3 Å². The average molecular weight is 465 g/mol. The van der Waals surface area contributed by atoms with Crippen molar-refractivity contribution in [3.63, 3.8) is 0 Å². The number of anilines is 1. The number of hydrogen-bond acceptors (Lipinski definition) is 6. The summed E-state index contributed by atoms with van der Waals surface area (Å²) in [5.41, 5.74) is 3.43. The van der Waals surface area contributed by atoms with E-state index in [4.69, 9.17) is 9.52 Å². The van der Waals surface area contributed by atoms with Crippen LogP contribution in [0.3, 0.4) is 0 Å². The fourth-order valence-electron chi connectivity index (χ4n) is 3.39. The van der Waals surface area contributed by atoms with Gasteiger partial charge in [0.1, 0.15) is 6.04 Å². The molecule has 0 spiro atoms. The van der Waals surface area contributed by atoms with Gasteiger partial charge in [-0.3, -0.25) is 9.59 Å². The highest BCUT2D eigenvalue weighted by molar-refractivity contribution is 5.94. The second-order valence-corrected chi connectivity index (χ2v) is 9.62. The van der Waals surface area contributed by atoms with Crippen LogP contribution in [0.2, 0.25) is 0 Å². The van der Waals surface area contributed by atoms with Gasteiger partial charge in [-0.15, -0.1) is 10.2 Å². The zero-order valence-electron chi connectivity index (χ0n) is 20.3. The van der Waals surface area contributed by atoms with Gasteiger partial charge < -0.3 is 20.2 Å². The molecular formula is C26H32N4O4. The Labute approximate surface area is 199 Å². The molecule has 3 N–H and O–H groups in total. The summed E-state index contributed by atoms with van der Waals surface area (Å²) in [6.07, 6.45) is -0.117. The molecule has 34 heavy (non-hydrogen) atoms. The molecule has 1 unspecified atom stereocenters. The van der Waals surface area contributed by atoms with Crippen LogP contribution in [0.25, 0.3) is 11.5 Å². The lowest BCUT2D eigenvalue weighted by Gasteiger charge is -2.20. The van der Waals surface area contributed by atoms with Crippen molar-refractivity contribution >= 4 is 17.6 Å². The van der Waals surface area contributed by atoms with Crippen molar-refractivity contribution in [1.82, 2.24) is 15.5 Å². The van der Waals surface area contributed by atoms with Crippen LogP contribution in [0, 0.1) is 5.92 Å². The highest BCUT2D eigenvalue weighted by Gasteiger charge is 2.23. The minimum Gasteiger partial charge on any atom is -0.481 e. The van der Waals surface area contributed by atoms with E-state index in [2.05, 4.69) is 67.6 Å². The molecule has 0 fully saturated rings. The first-order valence-corrected chi connectivity index (χ1v) is 11.4. The smallest absolute Gasteiger partial charge is 0.305 e. The Morgan fingerprint density at radius 1 is 1.00 bits per heavy atom. The molecule has 3 aromatic rings. The van der Waals surface area contributed by atoms with E-state index in [0.717, 1.165) is 11.3 Å². The summed E-state index contributed by atoms with van der Waals surface area (Å²) in [7, 11) is 0. The van der Waals surface area contributed by atoms with E-state index >= 15 is 0 Å². The van der Waals surface area contributed by atoms with Crippen molar-refractivity contribution in [2.75, 3.05) is 11.9 Å². The normalized spacial score (nSPS) is 12.4. The molecule has 8 heteroatoms. The Balaban J connectivity index is 1.70. The molecule has 0 saturated carbocycles. The van der Waals surface area contributed by atoms with Crippen molar-refractivity contribution in [1.29, 1.82) is 0 Å². The van der Waals surface area contributed by atoms with Gasteiger partial charge in [0, 0.05) is 23.4 Å². The van der Waals surface area contributed by atoms with Crippen LogP contribution in [0.5, 0.6) is 0 Å². The fourth-order valence-corrected chi connectivity index (χ4v) is 3.39. The van der Waals surface area contributed by atoms with Gasteiger partial charge >= 0.3 is 5.97 Å². The number of amides is 1. The summed E-state index contributed by atoms with van der Waals surface area (Å²) < 4.78 is 6.02. The van der Waals surface area contributed by atoms with Gasteiger partial charge in [0.2, 0.25) is 11.8 Å². The lowest BCUT2D eigenvalue weighted by atomic mass is 9.87. The molecule has 1 amide bonds. The van der Waals surface area contributed by atoms with Gasteiger partial charge in [-0.2, -0.15) is 0 Å². The molecule has 0 aliphatic carbocycles. The number of nitrogens with one attached hydrogen (secondary N) is 2. The standard InChI is InChI=1S/C26H32N4O4/c1-16(2)22(28-20-12-8-17(9-13-20)23(33)27-15-14-21(31)32)25-30-29-24(34-25)18-6-10-19(11-7-18)26(3,4)5/h6-13,16,22,28H,14-15H2,1-5H3,(H,27,33)(H,31,32). The lowest BCUT2D eigenvalue weighted by molar-refractivity contribution is -0.136. The Kier molecular flexibility index (Phi) is 7.71. The Hall–Kier alpha value is -3.68. The van der Waals surface area contributed by atoms with Gasteiger partial charge in [-0.25, -0.2) is 0 Å². The second kappa shape index (κ2) is 10.5. The molecule has 1 aromatic heterocycles. The van der Waals surface area contributed by atoms with E-state index < -0.39 is 5.97 Å². The number of aliphatic carboxylic acids is 1. The first-order valence-electron chi connectivity index (χ1n) is 11.4. The van der Waals surface area contributed by atoms with Crippen molar-refractivity contribution in [3.8, 4) is 11.5 Å². The Bertz CT molecular complexity index is 1110. The molecule has 1 atom stereocenters. The number of carboxylic acid groups (broad SMARTS) is 1. The van der Waals surface area contributed by atoms with E-state index in [0.29, 0.717) is 17.3 Å². The van der Waals surface area contributed by atoms with Crippen molar-refractivity contribution in [2.24, 2.45) is 5.92 Å². The molecule has 0 aliphatic rings. The predicted molar refractivity (Wildman–Crippen MR) is 131 cm³/mol. The van der Waals surface area contributed by atoms with Crippen LogP contribution >= 0.6 is 0 Å². The maximum absolute atomic E-state index is 12.1. The number of rotatable bonds is 9. The molecule has 0 radical (unpaired) electrons. The Morgan fingerprint density at radius 2 is 1.65 bits per heavy atom. The average Bonchev–Trinajstić information content (AvgIpc) is 3.26. The SMILES string of the molecule is CC(C)C(Nc1ccc(C(=O)NCCC(=O)O)cc1)c1nnc(-c2ccc(C(C)(C)C)cc2)o1. The monoisotopic (exact) mass is 464 g/mol. The number of carbonyl (C=O) groups is 2. The maximum atomic E-state index is 12.1. The van der Waals surface area contributed by atoms with E-state index in [9.17, 15) is 9.59 Å². The van der Waals surface area contributed by atoms with Crippen molar-refractivity contribution in [2.45, 2.75) is 52.5 Å². The van der Waals surface area contributed by atoms with Gasteiger partial charge in [0.15, 0.2) is 0 Å². The fraction of sp³-hybridized carbons (Fsp3) is 0.385. The van der Waals surface area contributed by atoms with Crippen LogP contribution in [-0.4, -0.2) is 33.7 Å². The van der Waals surface area contributed by atoms with Crippen LogP contribution in [-0.2, 0) is 10.2 Å². The summed E-state index contributed by atoms with van der Waals surface area (Å²) in [5.74, 6) is -0.148. The molecule has 2 aromatic carbocycles. The van der Waals surface area contributed by atoms with Crippen LogP contribution in [0.1, 0.15) is 68.9 Å². The van der Waals surface area contributed by atoms with Crippen LogP contribution in [0.15, 0.2) is 52.9 Å². The first kappa shape index (κ1) is 25.0. The summed E-state index contributed by atoms with van der Waals surface area (Å²) in [6, 6.07) is 14.9. The number of nitrogens with zero attached hydrogens (tertiary/aromatic N) is 2. The third-order valence-corrected chi connectivity index (χ3v) is 5.46. The number of carbonyl (C=O) groups excluding carboxylic acids is 1. The quantitative estimate of drug-likeness (QED) is 0.406. The summed E-state index contributed by atoms with van der Waals surface area (Å²) >= 11 is 0. The van der Waals surface area contributed by atoms with Gasteiger partial charge in [-0.1, -0.05) is 46.8 Å². The molecular weight excluding hydrogens is 432 g/mol. The molecule has 0 bridgehead atoms. The van der Waals surface area contributed by atoms with E-state index in [1.165, 1.54) is 5.56 Å². The second-order valence-electron chi connectivity index (χ2n) is 9.62. The first-order chi connectivity index (χ1) is 16.0. The highest BCUT2D eigenvalue weighted by atomic mass is 16.4. The number of carboxylic acids is 1. The number of benzene rings is 2. The summed E-state index contributed by atoms with van der Waals surface area (Å²) in [6.45, 7) is 10.7. The van der Waals surface area contributed by atoms with Crippen LogP contribution < -0.4 is 10.6 Å². The molecule has 3 rings (SSSR count). The minimum atomic E-state index is -0.953. The Morgan fingerprint density at radius 3 is 2.21 bits per heavy atom. The van der Waals surface area contributed by atoms with Crippen LogP contribution in [0.4, 0.5) is 5.69 Å². The zero-order chi connectivity index (χ0) is 24.9. The molecule has 1 heterocycles. The van der Waals surface area contributed by atoms with E-state index in [1.807, 2.05) is 12.1 Å². The third-order valence-electron chi connectivity index (χ3n) is 5.46. The van der Waals surface area contributed by atoms with Gasteiger partial charge in [0.05, 0.1) is 6.42 Å². The van der Waals surface area contributed by atoms with Gasteiger partial charge in [-0.05, 0) is 53.3 Å². The third kappa shape index (κ3) is 6.43. The number of hydrogen-bond donors (Lipinski definition) is 3. The molecule has 8 nitrogen and oxygen atoms in total. The molecule has 0 saturated heterocycles. The molecule has 0 aliphatic heterocycles. The predicted octanol–water partition coefficient (Wildman–Crippen LogP) is 5.05. The van der Waals surface area contributed by atoms with Crippen molar-refractivity contribution < 1.29 is 19.1 Å². The van der Waals surface area contributed by atoms with Gasteiger partial charge in [0.25, 0.3) is 5.91 Å². The summed E-state index contributed by atoms with van der Waals surface area (Å²) in [4.78, 5) is 22.7. The minimum absolute atomic E-state index is 0.0693. The van der Waals surface area contributed by atoms with Crippen molar-refractivity contribution in [3.05, 3.63) is 65.5 Å². The largest absolute Gasteiger partial charge is 0.481 e. The molecule has 180 valence electrons. The summed E-state index contributed by atoms with van der Waals surface area (Å²) in [5, 5.41) is 23.2.